The molecule has 1 aromatic rings. The zero-order chi connectivity index (χ0) is 20.9. The van der Waals surface area contributed by atoms with Gasteiger partial charge in [-0.25, -0.2) is 4.79 Å². The molecule has 28 heavy (non-hydrogen) atoms. The Kier molecular flexibility index (Phi) is 4.81. The third-order valence-corrected chi connectivity index (χ3v) is 4.93. The average molecular weight is 398 g/mol. The SMILES string of the molecule is COC(=O)NC1=C(N2CCCC2=O)c2c(ccc(C(F)(F)F)c2C)OC1(C)C. The molecule has 0 atom stereocenters. The molecule has 1 fully saturated rings. The number of benzene rings is 1. The molecule has 2 heterocycles. The zero-order valence-electron chi connectivity index (χ0n) is 16.0. The van der Waals surface area contributed by atoms with E-state index >= 15 is 0 Å². The molecular weight excluding hydrogens is 377 g/mol. The minimum Gasteiger partial charge on any atom is -0.481 e. The van der Waals surface area contributed by atoms with Gasteiger partial charge in [0.05, 0.1) is 24.1 Å². The van der Waals surface area contributed by atoms with Gasteiger partial charge in [-0.1, -0.05) is 0 Å². The van der Waals surface area contributed by atoms with E-state index in [0.717, 1.165) is 6.07 Å². The van der Waals surface area contributed by atoms with Gasteiger partial charge in [0.1, 0.15) is 11.4 Å². The van der Waals surface area contributed by atoms with Gasteiger partial charge in [-0.3, -0.25) is 10.1 Å². The number of likely N-dealkylation sites (tertiary alicyclic amines) is 1. The fourth-order valence-corrected chi connectivity index (χ4v) is 3.63. The maximum absolute atomic E-state index is 13.5. The summed E-state index contributed by atoms with van der Waals surface area (Å²) >= 11 is 0. The molecular formula is C19H21F3N2O4. The number of methoxy groups -OCH3 is 1. The lowest BCUT2D eigenvalue weighted by Gasteiger charge is -2.40. The Balaban J connectivity index is 2.33. The largest absolute Gasteiger partial charge is 0.481 e. The molecule has 0 radical (unpaired) electrons. The molecule has 2 aliphatic heterocycles. The molecule has 1 aromatic carbocycles. The van der Waals surface area contributed by atoms with Gasteiger partial charge in [-0.2, -0.15) is 13.2 Å². The van der Waals surface area contributed by atoms with Crippen molar-refractivity contribution < 1.29 is 32.2 Å². The smallest absolute Gasteiger partial charge is 0.416 e. The van der Waals surface area contributed by atoms with E-state index < -0.39 is 23.4 Å². The second-order valence-corrected chi connectivity index (χ2v) is 7.21. The highest BCUT2D eigenvalue weighted by molar-refractivity contribution is 5.93. The summed E-state index contributed by atoms with van der Waals surface area (Å²) in [7, 11) is 1.17. The lowest BCUT2D eigenvalue weighted by molar-refractivity contribution is -0.138. The Morgan fingerprint density at radius 2 is 2.00 bits per heavy atom. The summed E-state index contributed by atoms with van der Waals surface area (Å²) in [5.41, 5.74) is -1.44. The Labute approximate surface area is 160 Å². The van der Waals surface area contributed by atoms with Crippen LogP contribution >= 0.6 is 0 Å². The van der Waals surface area contributed by atoms with Crippen LogP contribution in [0.5, 0.6) is 5.75 Å². The second kappa shape index (κ2) is 6.72. The van der Waals surface area contributed by atoms with Gasteiger partial charge in [0.15, 0.2) is 0 Å². The first-order valence-corrected chi connectivity index (χ1v) is 8.77. The third-order valence-electron chi connectivity index (χ3n) is 4.93. The number of nitrogens with one attached hydrogen (secondary N) is 1. The van der Waals surface area contributed by atoms with Gasteiger partial charge in [-0.15, -0.1) is 0 Å². The van der Waals surface area contributed by atoms with Crippen molar-refractivity contribution in [2.75, 3.05) is 13.7 Å². The molecule has 0 saturated carbocycles. The molecule has 1 N–H and O–H groups in total. The number of alkyl carbamates (subject to hydrolysis) is 1. The number of carbonyl (C=O) groups is 2. The van der Waals surface area contributed by atoms with Crippen LogP contribution in [-0.2, 0) is 15.7 Å². The van der Waals surface area contributed by atoms with Gasteiger partial charge in [0, 0.05) is 18.5 Å². The number of nitrogens with zero attached hydrogens (tertiary/aromatic N) is 1. The van der Waals surface area contributed by atoms with Crippen LogP contribution in [0.3, 0.4) is 0 Å². The molecule has 2 amide bonds. The van der Waals surface area contributed by atoms with E-state index in [9.17, 15) is 22.8 Å². The van der Waals surface area contributed by atoms with E-state index in [1.807, 2.05) is 0 Å². The number of carbonyl (C=O) groups excluding carboxylic acids is 2. The minimum absolute atomic E-state index is 0.0700. The summed E-state index contributed by atoms with van der Waals surface area (Å²) in [4.78, 5) is 25.8. The number of halogens is 3. The predicted octanol–water partition coefficient (Wildman–Crippen LogP) is 3.83. The maximum Gasteiger partial charge on any atom is 0.416 e. The van der Waals surface area contributed by atoms with Crippen molar-refractivity contribution in [1.29, 1.82) is 0 Å². The van der Waals surface area contributed by atoms with Crippen LogP contribution in [0.25, 0.3) is 5.70 Å². The monoisotopic (exact) mass is 398 g/mol. The summed E-state index contributed by atoms with van der Waals surface area (Å²) < 4.78 is 51.0. The fourth-order valence-electron chi connectivity index (χ4n) is 3.63. The van der Waals surface area contributed by atoms with Crippen molar-refractivity contribution in [2.24, 2.45) is 0 Å². The van der Waals surface area contributed by atoms with Crippen LogP contribution in [0.1, 0.15) is 43.4 Å². The van der Waals surface area contributed by atoms with Crippen LogP contribution in [0.4, 0.5) is 18.0 Å². The predicted molar refractivity (Wildman–Crippen MR) is 94.3 cm³/mol. The maximum atomic E-state index is 13.5. The number of amides is 2. The summed E-state index contributed by atoms with van der Waals surface area (Å²) in [6.07, 6.45) is -4.52. The quantitative estimate of drug-likeness (QED) is 0.822. The van der Waals surface area contributed by atoms with Crippen LogP contribution in [-0.4, -0.2) is 36.2 Å². The Hall–Kier alpha value is -2.71. The molecule has 1 saturated heterocycles. The molecule has 6 nitrogen and oxygen atoms in total. The first-order valence-electron chi connectivity index (χ1n) is 8.77. The Bertz CT molecular complexity index is 875. The standard InChI is InChI=1S/C19H21F3N2O4/c1-10-11(19(20,21)22)7-8-12-14(10)15(24-9-5-6-13(24)25)16(18(2,3)28-12)23-17(26)27-4/h7-8H,5-6,9H2,1-4H3,(H,23,26). The number of ether oxygens (including phenoxy) is 2. The minimum atomic E-state index is -4.57. The van der Waals surface area contributed by atoms with Gasteiger partial charge in [0.25, 0.3) is 0 Å². The van der Waals surface area contributed by atoms with Crippen LogP contribution in [0.2, 0.25) is 0 Å². The normalized spacial score (nSPS) is 18.7. The van der Waals surface area contributed by atoms with Crippen molar-refractivity contribution in [2.45, 2.75) is 45.4 Å². The van der Waals surface area contributed by atoms with Crippen molar-refractivity contribution in [3.05, 3.63) is 34.5 Å². The molecule has 2 aliphatic rings. The first-order chi connectivity index (χ1) is 13.0. The van der Waals surface area contributed by atoms with E-state index in [0.29, 0.717) is 13.0 Å². The number of hydrogen-bond donors (Lipinski definition) is 1. The highest BCUT2D eigenvalue weighted by atomic mass is 19.4. The highest BCUT2D eigenvalue weighted by Gasteiger charge is 2.43. The number of hydrogen-bond acceptors (Lipinski definition) is 4. The van der Waals surface area contributed by atoms with Gasteiger partial charge in [-0.05, 0) is 44.9 Å². The lowest BCUT2D eigenvalue weighted by atomic mass is 9.89. The molecule has 0 aromatic heterocycles. The lowest BCUT2D eigenvalue weighted by Crippen LogP contribution is -2.46. The summed E-state index contributed by atoms with van der Waals surface area (Å²) in [6.45, 7) is 4.99. The van der Waals surface area contributed by atoms with E-state index in [4.69, 9.17) is 4.74 Å². The van der Waals surface area contributed by atoms with E-state index in [1.54, 1.807) is 13.8 Å². The third kappa shape index (κ3) is 3.29. The molecule has 0 bridgehead atoms. The fraction of sp³-hybridized carbons (Fsp3) is 0.474. The summed E-state index contributed by atoms with van der Waals surface area (Å²) in [6, 6.07) is 2.22. The molecule has 0 spiro atoms. The molecule has 0 unspecified atom stereocenters. The number of fused-ring (bicyclic) bond motifs is 1. The van der Waals surface area contributed by atoms with Crippen LogP contribution in [0, 0.1) is 6.92 Å². The first kappa shape index (κ1) is 20.0. The highest BCUT2D eigenvalue weighted by Crippen LogP contribution is 2.47. The van der Waals surface area contributed by atoms with Crippen LogP contribution < -0.4 is 10.1 Å². The molecule has 3 rings (SSSR count). The van der Waals surface area contributed by atoms with Crippen molar-refractivity contribution >= 4 is 17.7 Å². The van der Waals surface area contributed by atoms with E-state index in [-0.39, 0.29) is 40.6 Å². The topological polar surface area (TPSA) is 67.9 Å². The Morgan fingerprint density at radius 3 is 2.54 bits per heavy atom. The van der Waals surface area contributed by atoms with Crippen LogP contribution in [0.15, 0.2) is 17.8 Å². The molecule has 0 aliphatic carbocycles. The molecule has 9 heteroatoms. The Morgan fingerprint density at radius 1 is 1.32 bits per heavy atom. The van der Waals surface area contributed by atoms with Crippen molar-refractivity contribution in [1.82, 2.24) is 10.2 Å². The zero-order valence-corrected chi connectivity index (χ0v) is 16.0. The van der Waals surface area contributed by atoms with Crippen molar-refractivity contribution in [3.8, 4) is 5.75 Å². The van der Waals surface area contributed by atoms with Gasteiger partial charge >= 0.3 is 12.3 Å². The van der Waals surface area contributed by atoms with E-state index in [1.165, 1.54) is 25.0 Å². The molecule has 152 valence electrons. The van der Waals surface area contributed by atoms with E-state index in [2.05, 4.69) is 10.1 Å². The second-order valence-electron chi connectivity index (χ2n) is 7.21. The number of rotatable bonds is 2. The average Bonchev–Trinajstić information content (AvgIpc) is 3.00. The summed E-state index contributed by atoms with van der Waals surface area (Å²) in [5.74, 6) is 0.000225. The summed E-state index contributed by atoms with van der Waals surface area (Å²) in [5, 5.41) is 2.55. The van der Waals surface area contributed by atoms with Gasteiger partial charge in [0.2, 0.25) is 5.91 Å². The van der Waals surface area contributed by atoms with Crippen molar-refractivity contribution in [3.63, 3.8) is 0 Å². The van der Waals surface area contributed by atoms with Gasteiger partial charge < -0.3 is 14.4 Å². The number of alkyl halides is 3.